The van der Waals surface area contributed by atoms with Crippen molar-refractivity contribution in [1.29, 1.82) is 0 Å². The van der Waals surface area contributed by atoms with Gasteiger partial charge in [-0.05, 0) is 32.1 Å². The van der Waals surface area contributed by atoms with Crippen LogP contribution in [0.25, 0.3) is 0 Å². The average molecular weight is 504 g/mol. The lowest BCUT2D eigenvalue weighted by Gasteiger charge is -2.37. The van der Waals surface area contributed by atoms with Crippen LogP contribution in [-0.4, -0.2) is 95.1 Å². The normalized spacial score (nSPS) is 28.3. The Morgan fingerprint density at radius 2 is 1.83 bits per heavy atom. The van der Waals surface area contributed by atoms with Gasteiger partial charge in [0.25, 0.3) is 0 Å². The van der Waals surface area contributed by atoms with Crippen LogP contribution in [0.3, 0.4) is 0 Å². The molecule has 0 aromatic carbocycles. The summed E-state index contributed by atoms with van der Waals surface area (Å²) in [6.07, 6.45) is 10.5. The van der Waals surface area contributed by atoms with Crippen LogP contribution < -0.4 is 0 Å². The highest BCUT2D eigenvalue weighted by molar-refractivity contribution is 5.99. The highest BCUT2D eigenvalue weighted by Gasteiger charge is 2.74. The van der Waals surface area contributed by atoms with Crippen molar-refractivity contribution in [2.75, 3.05) is 39.8 Å². The third-order valence-corrected chi connectivity index (χ3v) is 8.10. The number of carbonyl (C=O) groups is 3. The van der Waals surface area contributed by atoms with Crippen LogP contribution in [0.4, 0.5) is 0 Å². The molecule has 0 aromatic rings. The largest absolute Gasteiger partial charge is 0.396 e. The summed E-state index contributed by atoms with van der Waals surface area (Å²) in [7, 11) is 1.73. The molecule has 2 bridgehead atoms. The van der Waals surface area contributed by atoms with Gasteiger partial charge in [-0.3, -0.25) is 14.4 Å². The molecule has 0 saturated carbocycles. The predicted molar refractivity (Wildman–Crippen MR) is 139 cm³/mol. The Hall–Kier alpha value is -2.19. The molecule has 3 aliphatic rings. The summed E-state index contributed by atoms with van der Waals surface area (Å²) in [5.74, 6) is -1.54. The monoisotopic (exact) mass is 503 g/mol. The van der Waals surface area contributed by atoms with Crippen molar-refractivity contribution in [1.82, 2.24) is 14.7 Å². The van der Waals surface area contributed by atoms with Crippen LogP contribution in [0.2, 0.25) is 0 Å². The van der Waals surface area contributed by atoms with Crippen LogP contribution in [0, 0.1) is 11.8 Å². The molecule has 0 aromatic heterocycles. The molecule has 3 aliphatic heterocycles. The first-order valence-corrected chi connectivity index (χ1v) is 13.7. The summed E-state index contributed by atoms with van der Waals surface area (Å²) in [5.41, 5.74) is -0.955. The maximum atomic E-state index is 14.1. The van der Waals surface area contributed by atoms with Gasteiger partial charge in [-0.2, -0.15) is 0 Å². The van der Waals surface area contributed by atoms with E-state index in [1.165, 1.54) is 0 Å². The number of fused-ring (bicyclic) bond motifs is 1. The second kappa shape index (κ2) is 12.9. The molecule has 3 rings (SSSR count). The number of likely N-dealkylation sites (N-methyl/N-ethyl adjacent to an activating group) is 1. The smallest absolute Gasteiger partial charge is 0.248 e. The quantitative estimate of drug-likeness (QED) is 0.258. The van der Waals surface area contributed by atoms with Crippen molar-refractivity contribution in [3.63, 3.8) is 0 Å². The number of hydrogen-bond acceptors (Lipinski definition) is 5. The topological polar surface area (TPSA) is 90.4 Å². The standard InChI is InChI=1S/C28H45N3O5/c1-5-8-11-18-30(17-7-3)27(35)24-28-15-14-21(36-28)22(25(33)29(4)16-6-2)23(28)26(34)31(24)19-12-9-10-13-20-32/h6-7,21-24,32H,2-3,5,8-20H2,1,4H3/t21-,22+,23+,24?,28?/m1/s1. The van der Waals surface area contributed by atoms with Crippen LogP contribution in [-0.2, 0) is 19.1 Å². The number of likely N-dealkylation sites (tertiary alicyclic amines) is 1. The lowest BCUT2D eigenvalue weighted by Crippen LogP contribution is -2.56. The maximum Gasteiger partial charge on any atom is 0.248 e. The van der Waals surface area contributed by atoms with E-state index in [-0.39, 0.29) is 30.4 Å². The zero-order valence-corrected chi connectivity index (χ0v) is 22.2. The number of aliphatic hydroxyl groups excluding tert-OH is 1. The lowest BCUT2D eigenvalue weighted by atomic mass is 9.70. The van der Waals surface area contributed by atoms with Gasteiger partial charge in [0.15, 0.2) is 0 Å². The van der Waals surface area contributed by atoms with E-state index in [2.05, 4.69) is 20.1 Å². The first-order chi connectivity index (χ1) is 17.4. The summed E-state index contributed by atoms with van der Waals surface area (Å²) in [6, 6.07) is -0.720. The minimum atomic E-state index is -0.955. The number of hydrogen-bond donors (Lipinski definition) is 1. The van der Waals surface area contributed by atoms with Gasteiger partial charge in [0.1, 0.15) is 11.6 Å². The van der Waals surface area contributed by atoms with Crippen molar-refractivity contribution >= 4 is 17.7 Å². The van der Waals surface area contributed by atoms with Gasteiger partial charge in [-0.25, -0.2) is 0 Å². The molecule has 2 unspecified atom stereocenters. The molecule has 202 valence electrons. The van der Waals surface area contributed by atoms with E-state index >= 15 is 0 Å². The Kier molecular flexibility index (Phi) is 10.1. The summed E-state index contributed by atoms with van der Waals surface area (Å²) >= 11 is 0. The Labute approximate surface area is 216 Å². The Morgan fingerprint density at radius 3 is 2.50 bits per heavy atom. The average Bonchev–Trinajstić information content (AvgIpc) is 3.50. The fourth-order valence-electron chi connectivity index (χ4n) is 6.41. The van der Waals surface area contributed by atoms with Gasteiger partial charge in [-0.1, -0.05) is 44.8 Å². The van der Waals surface area contributed by atoms with E-state index < -0.39 is 23.5 Å². The van der Waals surface area contributed by atoms with Gasteiger partial charge in [0, 0.05) is 39.8 Å². The van der Waals surface area contributed by atoms with Crippen LogP contribution in [0.1, 0.15) is 64.7 Å². The third-order valence-electron chi connectivity index (χ3n) is 8.10. The minimum Gasteiger partial charge on any atom is -0.396 e. The van der Waals surface area contributed by atoms with Gasteiger partial charge < -0.3 is 24.5 Å². The van der Waals surface area contributed by atoms with Crippen LogP contribution >= 0.6 is 0 Å². The van der Waals surface area contributed by atoms with E-state index in [4.69, 9.17) is 9.84 Å². The number of unbranched alkanes of at least 4 members (excludes halogenated alkanes) is 5. The van der Waals surface area contributed by atoms with E-state index in [1.807, 2.05) is 4.90 Å². The lowest BCUT2D eigenvalue weighted by molar-refractivity contribution is -0.148. The molecule has 36 heavy (non-hydrogen) atoms. The van der Waals surface area contributed by atoms with Gasteiger partial charge in [-0.15, -0.1) is 13.2 Å². The van der Waals surface area contributed by atoms with Crippen LogP contribution in [0.15, 0.2) is 25.3 Å². The highest BCUT2D eigenvalue weighted by Crippen LogP contribution is 2.58. The molecule has 0 aliphatic carbocycles. The van der Waals surface area contributed by atoms with E-state index in [1.54, 1.807) is 29.0 Å². The number of aliphatic hydroxyl groups is 1. The van der Waals surface area contributed by atoms with Gasteiger partial charge in [0.05, 0.1) is 17.9 Å². The number of rotatable bonds is 16. The van der Waals surface area contributed by atoms with Gasteiger partial charge >= 0.3 is 0 Å². The van der Waals surface area contributed by atoms with E-state index in [0.717, 1.165) is 44.9 Å². The zero-order valence-electron chi connectivity index (χ0n) is 22.2. The van der Waals surface area contributed by atoms with Crippen molar-refractivity contribution in [2.24, 2.45) is 11.8 Å². The van der Waals surface area contributed by atoms with Crippen molar-refractivity contribution in [2.45, 2.75) is 82.5 Å². The first kappa shape index (κ1) is 28.4. The molecule has 3 amide bonds. The Balaban J connectivity index is 1.92. The number of amides is 3. The zero-order chi connectivity index (χ0) is 26.3. The van der Waals surface area contributed by atoms with E-state index in [9.17, 15) is 14.4 Å². The minimum absolute atomic E-state index is 0.0922. The number of ether oxygens (including phenoxy) is 1. The summed E-state index contributed by atoms with van der Waals surface area (Å²) in [6.45, 7) is 11.8. The summed E-state index contributed by atoms with van der Waals surface area (Å²) in [4.78, 5) is 46.7. The molecule has 3 saturated heterocycles. The summed E-state index contributed by atoms with van der Waals surface area (Å²) < 4.78 is 6.54. The van der Waals surface area contributed by atoms with Crippen LogP contribution in [0.5, 0.6) is 0 Å². The molecule has 3 fully saturated rings. The fraction of sp³-hybridized carbons (Fsp3) is 0.750. The molecule has 1 spiro atoms. The first-order valence-electron chi connectivity index (χ1n) is 13.7. The maximum absolute atomic E-state index is 14.1. The van der Waals surface area contributed by atoms with Crippen molar-refractivity contribution in [3.8, 4) is 0 Å². The van der Waals surface area contributed by atoms with Crippen molar-refractivity contribution < 1.29 is 24.2 Å². The predicted octanol–water partition coefficient (Wildman–Crippen LogP) is 2.76. The Morgan fingerprint density at radius 1 is 1.11 bits per heavy atom. The molecule has 1 N–H and O–H groups in total. The second-order valence-corrected chi connectivity index (χ2v) is 10.5. The van der Waals surface area contributed by atoms with Crippen molar-refractivity contribution in [3.05, 3.63) is 25.3 Å². The fourth-order valence-corrected chi connectivity index (χ4v) is 6.41. The summed E-state index contributed by atoms with van der Waals surface area (Å²) in [5, 5.41) is 9.10. The molecule has 3 heterocycles. The molecule has 8 nitrogen and oxygen atoms in total. The molecular formula is C28H45N3O5. The molecular weight excluding hydrogens is 458 g/mol. The second-order valence-electron chi connectivity index (χ2n) is 10.5. The molecule has 8 heteroatoms. The number of carbonyl (C=O) groups excluding carboxylic acids is 3. The third kappa shape index (κ3) is 5.40. The Bertz CT molecular complexity index is 817. The molecule has 0 radical (unpaired) electrons. The highest BCUT2D eigenvalue weighted by atomic mass is 16.5. The van der Waals surface area contributed by atoms with Gasteiger partial charge in [0.2, 0.25) is 17.7 Å². The SMILES string of the molecule is C=CCN(C)C(=O)[C@@H]1[C@H]2C(=O)N(CCCCCCO)C(C(=O)N(CC=C)CCCCC)C23CC[C@H]1O3. The number of nitrogens with zero attached hydrogens (tertiary/aromatic N) is 3. The van der Waals surface area contributed by atoms with E-state index in [0.29, 0.717) is 39.0 Å². The molecule has 5 atom stereocenters.